The van der Waals surface area contributed by atoms with Crippen LogP contribution in [0.15, 0.2) is 0 Å². The van der Waals surface area contributed by atoms with Gasteiger partial charge in [0.1, 0.15) is 0 Å². The van der Waals surface area contributed by atoms with Crippen LogP contribution in [0.25, 0.3) is 0 Å². The molecule has 0 aromatic rings. The smallest absolute Gasteiger partial charge is 0.377 e. The fourth-order valence-corrected chi connectivity index (χ4v) is 8.61. The molecule has 0 aromatic carbocycles. The van der Waals surface area contributed by atoms with Gasteiger partial charge in [-0.2, -0.15) is 0 Å². The van der Waals surface area contributed by atoms with Crippen LogP contribution in [-0.4, -0.2) is 76.7 Å². The lowest BCUT2D eigenvalue weighted by Crippen LogP contribution is -2.64. The molecule has 0 fully saturated rings. The number of hydrogen-bond donors (Lipinski definition) is 0. The summed E-state index contributed by atoms with van der Waals surface area (Å²) in [6.45, 7) is 1.67. The second kappa shape index (κ2) is 8.67. The maximum Gasteiger partial charge on any atom is 0.673 e. The van der Waals surface area contributed by atoms with Crippen molar-refractivity contribution in [2.45, 2.75) is 6.55 Å². The van der Waals surface area contributed by atoms with E-state index in [9.17, 15) is 0 Å². The highest BCUT2D eigenvalue weighted by Crippen LogP contribution is 2.23. The molecule has 0 amide bonds. The minimum Gasteiger partial charge on any atom is -0.377 e. The minimum atomic E-state index is -3.62. The molecule has 12 heteroatoms. The molecule has 0 atom stereocenters. The largest absolute Gasteiger partial charge is 0.673 e. The van der Waals surface area contributed by atoms with Gasteiger partial charge in [-0.05, 0) is 0 Å². The van der Waals surface area contributed by atoms with Gasteiger partial charge in [0.25, 0.3) is 0 Å². The Balaban J connectivity index is 5.29. The Hall–Kier alpha value is 0.291. The topological polar surface area (TPSA) is 83.1 Å². The molecule has 0 spiro atoms. The first kappa shape index (κ1) is 20.3. The van der Waals surface area contributed by atoms with Crippen LogP contribution in [0.4, 0.5) is 0 Å². The van der Waals surface area contributed by atoms with E-state index in [1.165, 1.54) is 49.8 Å². The van der Waals surface area contributed by atoms with Crippen LogP contribution in [0, 0.1) is 0 Å². The maximum absolute atomic E-state index is 5.74. The quantitative estimate of drug-likeness (QED) is 0.478. The SMILES string of the molecule is CO[Si](C)(OC)O[Si](OC)(OC)O[Si](OC)(OC)OC. The first-order chi connectivity index (χ1) is 9.34. The molecule has 0 bridgehead atoms. The van der Waals surface area contributed by atoms with E-state index in [0.29, 0.717) is 0 Å². The molecule has 0 saturated carbocycles. The fraction of sp³-hybridized carbons (Fsp3) is 1.00. The van der Waals surface area contributed by atoms with Crippen molar-refractivity contribution in [1.82, 2.24) is 0 Å². The molecule has 0 radical (unpaired) electrons. The molecule has 0 unspecified atom stereocenters. The summed E-state index contributed by atoms with van der Waals surface area (Å²) in [6, 6.07) is 0. The molecular formula is C8H24O9Si3. The fourth-order valence-electron chi connectivity index (χ4n) is 1.19. The second-order valence-corrected chi connectivity index (χ2v) is 11.7. The summed E-state index contributed by atoms with van der Waals surface area (Å²) < 4.78 is 48.0. The molecule has 0 rings (SSSR count). The van der Waals surface area contributed by atoms with Crippen LogP contribution in [0.3, 0.4) is 0 Å². The van der Waals surface area contributed by atoms with Crippen molar-refractivity contribution in [3.8, 4) is 0 Å². The summed E-state index contributed by atoms with van der Waals surface area (Å²) >= 11 is 0. The van der Waals surface area contributed by atoms with E-state index in [2.05, 4.69) is 0 Å². The minimum absolute atomic E-state index is 1.38. The van der Waals surface area contributed by atoms with E-state index in [0.717, 1.165) is 0 Å². The molecule has 0 N–H and O–H groups in total. The van der Waals surface area contributed by atoms with Gasteiger partial charge in [0.05, 0.1) is 0 Å². The highest BCUT2D eigenvalue weighted by atomic mass is 28.5. The van der Waals surface area contributed by atoms with E-state index < -0.39 is 26.9 Å². The van der Waals surface area contributed by atoms with Gasteiger partial charge < -0.3 is 39.2 Å². The molecule has 0 aliphatic heterocycles. The Morgan fingerprint density at radius 1 is 0.450 bits per heavy atom. The van der Waals surface area contributed by atoms with Gasteiger partial charge in [0, 0.05) is 56.3 Å². The van der Waals surface area contributed by atoms with Crippen LogP contribution in [0.5, 0.6) is 0 Å². The first-order valence-electron chi connectivity index (χ1n) is 5.60. The van der Waals surface area contributed by atoms with Crippen LogP contribution in [0.2, 0.25) is 6.55 Å². The summed E-state index contributed by atoms with van der Waals surface area (Å²) in [6.07, 6.45) is 0. The van der Waals surface area contributed by atoms with Crippen molar-refractivity contribution >= 4 is 26.9 Å². The average molecular weight is 349 g/mol. The van der Waals surface area contributed by atoms with Crippen molar-refractivity contribution < 1.29 is 39.2 Å². The van der Waals surface area contributed by atoms with E-state index in [4.69, 9.17) is 39.2 Å². The van der Waals surface area contributed by atoms with E-state index in [1.807, 2.05) is 0 Å². The monoisotopic (exact) mass is 348 g/mol. The Labute approximate surface area is 123 Å². The van der Waals surface area contributed by atoms with Crippen molar-refractivity contribution in [3.05, 3.63) is 0 Å². The summed E-state index contributed by atoms with van der Waals surface area (Å²) in [5, 5.41) is 0. The maximum atomic E-state index is 5.74. The van der Waals surface area contributed by atoms with Gasteiger partial charge in [0.15, 0.2) is 0 Å². The average Bonchev–Trinajstić information content (AvgIpc) is 2.51. The Morgan fingerprint density at radius 2 is 0.800 bits per heavy atom. The summed E-state index contributed by atoms with van der Waals surface area (Å²) in [5.41, 5.74) is 0. The van der Waals surface area contributed by atoms with E-state index in [-0.39, 0.29) is 0 Å². The third-order valence-corrected chi connectivity index (χ3v) is 11.0. The lowest BCUT2D eigenvalue weighted by Gasteiger charge is -2.35. The molecular weight excluding hydrogens is 324 g/mol. The standard InChI is InChI=1S/C8H24O9Si3/c1-9-18(8,10-2)16-20(14-6,15-7)17-19(11-3,12-4)13-5/h1-8H3. The summed E-state index contributed by atoms with van der Waals surface area (Å²) in [5.74, 6) is 0. The zero-order valence-electron chi connectivity index (χ0n) is 13.2. The zero-order chi connectivity index (χ0) is 15.9. The summed E-state index contributed by atoms with van der Waals surface area (Å²) in [4.78, 5) is 0. The molecule has 0 aromatic heterocycles. The van der Waals surface area contributed by atoms with E-state index in [1.54, 1.807) is 6.55 Å². The Morgan fingerprint density at radius 3 is 1.05 bits per heavy atom. The van der Waals surface area contributed by atoms with Crippen molar-refractivity contribution in [3.63, 3.8) is 0 Å². The van der Waals surface area contributed by atoms with Gasteiger partial charge in [-0.25, -0.2) is 0 Å². The zero-order valence-corrected chi connectivity index (χ0v) is 16.2. The van der Waals surface area contributed by atoms with Gasteiger partial charge in [-0.15, -0.1) is 0 Å². The van der Waals surface area contributed by atoms with Crippen molar-refractivity contribution in [2.75, 3.05) is 49.8 Å². The molecule has 0 aliphatic rings. The van der Waals surface area contributed by atoms with Gasteiger partial charge >= 0.3 is 26.9 Å². The molecule has 0 heterocycles. The molecule has 20 heavy (non-hydrogen) atoms. The lowest BCUT2D eigenvalue weighted by molar-refractivity contribution is -0.0252. The lowest BCUT2D eigenvalue weighted by atomic mass is 11.8. The van der Waals surface area contributed by atoms with E-state index >= 15 is 0 Å². The van der Waals surface area contributed by atoms with Gasteiger partial charge in [-0.3, -0.25) is 0 Å². The first-order valence-corrected chi connectivity index (χ1v) is 11.1. The second-order valence-electron chi connectivity index (χ2n) is 3.50. The third kappa shape index (κ3) is 4.93. The highest BCUT2D eigenvalue weighted by Gasteiger charge is 2.61. The predicted octanol–water partition coefficient (Wildman–Crippen LogP) is -0.0157. The normalized spacial score (nSPS) is 13.8. The number of hydrogen-bond acceptors (Lipinski definition) is 9. The Kier molecular flexibility index (Phi) is 8.79. The predicted molar refractivity (Wildman–Crippen MR) is 74.4 cm³/mol. The van der Waals surface area contributed by atoms with Crippen LogP contribution < -0.4 is 0 Å². The van der Waals surface area contributed by atoms with Crippen LogP contribution in [-0.2, 0) is 39.2 Å². The van der Waals surface area contributed by atoms with Gasteiger partial charge in [-0.1, -0.05) is 0 Å². The molecule has 0 saturated heterocycles. The molecule has 9 nitrogen and oxygen atoms in total. The van der Waals surface area contributed by atoms with Crippen molar-refractivity contribution in [2.24, 2.45) is 0 Å². The van der Waals surface area contributed by atoms with Crippen LogP contribution >= 0.6 is 0 Å². The molecule has 0 aliphatic carbocycles. The molecule has 122 valence electrons. The summed E-state index contributed by atoms with van der Waals surface area (Å²) in [7, 11) is -0.124. The highest BCUT2D eigenvalue weighted by molar-refractivity contribution is 6.75. The van der Waals surface area contributed by atoms with Gasteiger partial charge in [0.2, 0.25) is 0 Å². The van der Waals surface area contributed by atoms with Crippen molar-refractivity contribution in [1.29, 1.82) is 0 Å². The third-order valence-electron chi connectivity index (χ3n) is 2.55. The number of rotatable bonds is 11. The Bertz CT molecular complexity index is 260. The van der Waals surface area contributed by atoms with Crippen LogP contribution in [0.1, 0.15) is 0 Å².